The summed E-state index contributed by atoms with van der Waals surface area (Å²) >= 11 is 0. The van der Waals surface area contributed by atoms with E-state index in [0.717, 1.165) is 45.1 Å². The fraction of sp³-hybridized carbons (Fsp3) is 0. The van der Waals surface area contributed by atoms with Gasteiger partial charge in [0.1, 0.15) is 11.5 Å². The normalized spacial score (nSPS) is 11.3. The maximum absolute atomic E-state index is 6.33. The molecule has 8 aromatic rings. The second-order valence-corrected chi connectivity index (χ2v) is 12.2. The second kappa shape index (κ2) is 12.2. The molecular formula is C46H30N2O. The van der Waals surface area contributed by atoms with Crippen molar-refractivity contribution in [1.29, 1.82) is 0 Å². The van der Waals surface area contributed by atoms with Crippen molar-refractivity contribution in [2.75, 3.05) is 0 Å². The van der Waals surface area contributed by atoms with Gasteiger partial charge in [0.25, 0.3) is 0 Å². The molecule has 6 aromatic carbocycles. The van der Waals surface area contributed by atoms with Crippen LogP contribution in [-0.2, 0) is 0 Å². The van der Waals surface area contributed by atoms with E-state index in [9.17, 15) is 0 Å². The molecule has 0 saturated heterocycles. The highest BCUT2D eigenvalue weighted by atomic mass is 16.5. The Balaban J connectivity index is 1.09. The van der Waals surface area contributed by atoms with Crippen LogP contribution in [0.5, 0.6) is 11.5 Å². The van der Waals surface area contributed by atoms with Crippen molar-refractivity contribution in [1.82, 2.24) is 9.97 Å². The van der Waals surface area contributed by atoms with E-state index in [2.05, 4.69) is 114 Å². The molecule has 0 fully saturated rings. The van der Waals surface area contributed by atoms with E-state index in [1.807, 2.05) is 66.9 Å². The molecule has 0 unspecified atom stereocenters. The average molecular weight is 627 g/mol. The summed E-state index contributed by atoms with van der Waals surface area (Å²) in [5.41, 5.74) is 16.0. The van der Waals surface area contributed by atoms with Gasteiger partial charge in [0.05, 0.1) is 11.4 Å². The first kappa shape index (κ1) is 28.6. The molecular weight excluding hydrogens is 597 g/mol. The summed E-state index contributed by atoms with van der Waals surface area (Å²) in [5.74, 6) is 1.51. The van der Waals surface area contributed by atoms with Crippen LogP contribution >= 0.6 is 0 Å². The van der Waals surface area contributed by atoms with E-state index in [1.165, 1.54) is 44.5 Å². The largest absolute Gasteiger partial charge is 0.457 e. The summed E-state index contributed by atoms with van der Waals surface area (Å²) in [6, 6.07) is 59.4. The van der Waals surface area contributed by atoms with Gasteiger partial charge in [-0.3, -0.25) is 9.97 Å². The minimum Gasteiger partial charge on any atom is -0.457 e. The predicted molar refractivity (Wildman–Crippen MR) is 200 cm³/mol. The molecule has 0 saturated carbocycles. The molecule has 2 aromatic heterocycles. The van der Waals surface area contributed by atoms with Crippen LogP contribution in [-0.4, -0.2) is 9.97 Å². The van der Waals surface area contributed by atoms with Crippen LogP contribution in [0.3, 0.4) is 0 Å². The zero-order valence-electron chi connectivity index (χ0n) is 26.6. The van der Waals surface area contributed by atoms with Crippen LogP contribution in [0.2, 0.25) is 0 Å². The fourth-order valence-electron chi connectivity index (χ4n) is 6.92. The molecule has 49 heavy (non-hydrogen) atoms. The van der Waals surface area contributed by atoms with Gasteiger partial charge >= 0.3 is 0 Å². The summed E-state index contributed by atoms with van der Waals surface area (Å²) in [6.45, 7) is 0. The van der Waals surface area contributed by atoms with E-state index in [-0.39, 0.29) is 0 Å². The number of hydrogen-bond donors (Lipinski definition) is 0. The third-order valence-electron chi connectivity index (χ3n) is 9.21. The Hall–Kier alpha value is -6.58. The van der Waals surface area contributed by atoms with E-state index in [1.54, 1.807) is 6.20 Å². The molecule has 1 aliphatic rings. The van der Waals surface area contributed by atoms with Gasteiger partial charge in [-0.15, -0.1) is 0 Å². The van der Waals surface area contributed by atoms with E-state index >= 15 is 0 Å². The van der Waals surface area contributed by atoms with E-state index in [4.69, 9.17) is 9.72 Å². The van der Waals surface area contributed by atoms with Crippen LogP contribution in [0.15, 0.2) is 182 Å². The smallest absolute Gasteiger partial charge is 0.128 e. The lowest BCUT2D eigenvalue weighted by Crippen LogP contribution is -1.97. The third-order valence-corrected chi connectivity index (χ3v) is 9.21. The van der Waals surface area contributed by atoms with Crippen LogP contribution in [0, 0.1) is 0 Å². The highest BCUT2D eigenvalue weighted by Crippen LogP contribution is 2.48. The lowest BCUT2D eigenvalue weighted by Gasteiger charge is -2.23. The quantitative estimate of drug-likeness (QED) is 0.191. The molecule has 0 amide bonds. The Bertz CT molecular complexity index is 2480. The Morgan fingerprint density at radius 2 is 0.776 bits per heavy atom. The second-order valence-electron chi connectivity index (χ2n) is 12.2. The van der Waals surface area contributed by atoms with Crippen LogP contribution in [0.4, 0.5) is 0 Å². The van der Waals surface area contributed by atoms with Crippen molar-refractivity contribution in [3.63, 3.8) is 0 Å². The molecule has 0 aliphatic heterocycles. The van der Waals surface area contributed by atoms with Gasteiger partial charge in [-0.2, -0.15) is 0 Å². The molecule has 0 atom stereocenters. The zero-order chi connectivity index (χ0) is 32.6. The molecule has 0 bridgehead atoms. The first-order valence-electron chi connectivity index (χ1n) is 16.5. The molecule has 3 heteroatoms. The lowest BCUT2D eigenvalue weighted by atomic mass is 9.80. The number of rotatable bonds is 5. The predicted octanol–water partition coefficient (Wildman–Crippen LogP) is 12.3. The first-order valence-corrected chi connectivity index (χ1v) is 16.5. The maximum atomic E-state index is 6.33. The summed E-state index contributed by atoms with van der Waals surface area (Å²) < 4.78 is 6.33. The van der Waals surface area contributed by atoms with Gasteiger partial charge in [-0.1, -0.05) is 115 Å². The number of fused-ring (bicyclic) bond motifs is 8. The highest BCUT2D eigenvalue weighted by molar-refractivity contribution is 6.03. The number of nitrogens with zero attached hydrogens (tertiary/aromatic N) is 2. The monoisotopic (exact) mass is 626 g/mol. The Morgan fingerprint density at radius 3 is 1.35 bits per heavy atom. The molecule has 3 nitrogen and oxygen atoms in total. The van der Waals surface area contributed by atoms with Crippen LogP contribution in [0.25, 0.3) is 78.1 Å². The average Bonchev–Trinajstić information content (AvgIpc) is 3.18. The Morgan fingerprint density at radius 1 is 0.286 bits per heavy atom. The molecule has 230 valence electrons. The standard InChI is InChI=1S/C46H30N2O/c1-2-16-38-37(15-1)39-17-3-4-19-41(39)43-23-22-31(29-44(43)42-20-6-5-18-40(38)42)32-24-26-48-46(30-32)34-12-10-14-36(28-34)49-35-13-9-11-33(27-35)45-21-7-8-25-47-45/h1-30H. The van der Waals surface area contributed by atoms with E-state index in [0.29, 0.717) is 0 Å². The molecule has 0 spiro atoms. The number of benzene rings is 6. The van der Waals surface area contributed by atoms with Crippen molar-refractivity contribution in [2.45, 2.75) is 0 Å². The van der Waals surface area contributed by atoms with Crippen molar-refractivity contribution in [3.8, 4) is 89.6 Å². The van der Waals surface area contributed by atoms with Crippen molar-refractivity contribution in [2.24, 2.45) is 0 Å². The molecule has 0 radical (unpaired) electrons. The van der Waals surface area contributed by atoms with Crippen LogP contribution < -0.4 is 4.74 Å². The van der Waals surface area contributed by atoms with Gasteiger partial charge in [0.15, 0.2) is 0 Å². The topological polar surface area (TPSA) is 35.0 Å². The lowest BCUT2D eigenvalue weighted by molar-refractivity contribution is 0.483. The molecule has 2 heterocycles. The highest BCUT2D eigenvalue weighted by Gasteiger charge is 2.22. The van der Waals surface area contributed by atoms with Gasteiger partial charge in [-0.05, 0) is 110 Å². The van der Waals surface area contributed by atoms with Gasteiger partial charge in [0.2, 0.25) is 0 Å². The molecule has 9 rings (SSSR count). The maximum Gasteiger partial charge on any atom is 0.128 e. The van der Waals surface area contributed by atoms with Gasteiger partial charge in [-0.25, -0.2) is 0 Å². The summed E-state index contributed by atoms with van der Waals surface area (Å²) in [6.07, 6.45) is 3.70. The van der Waals surface area contributed by atoms with Crippen molar-refractivity contribution in [3.05, 3.63) is 182 Å². The number of ether oxygens (including phenoxy) is 1. The Kier molecular flexibility index (Phi) is 7.14. The first-order chi connectivity index (χ1) is 24.3. The fourth-order valence-corrected chi connectivity index (χ4v) is 6.92. The number of aromatic nitrogens is 2. The summed E-state index contributed by atoms with van der Waals surface area (Å²) in [5, 5.41) is 0. The van der Waals surface area contributed by atoms with Crippen molar-refractivity contribution < 1.29 is 4.74 Å². The van der Waals surface area contributed by atoms with Crippen LogP contribution in [0.1, 0.15) is 0 Å². The summed E-state index contributed by atoms with van der Waals surface area (Å²) in [4.78, 5) is 9.26. The molecule has 1 aliphatic carbocycles. The van der Waals surface area contributed by atoms with Gasteiger partial charge in [0, 0.05) is 23.5 Å². The zero-order valence-corrected chi connectivity index (χ0v) is 26.6. The van der Waals surface area contributed by atoms with E-state index < -0.39 is 0 Å². The SMILES string of the molecule is c1ccc(-c2cccc(Oc3cccc(-c4cc(-c5ccc6c(c5)-c5ccccc5-c5ccccc5-c5ccccc5-6)ccn4)c3)c2)nc1. The number of pyridine rings is 2. The van der Waals surface area contributed by atoms with Gasteiger partial charge < -0.3 is 4.74 Å². The summed E-state index contributed by atoms with van der Waals surface area (Å²) in [7, 11) is 0. The number of hydrogen-bond acceptors (Lipinski definition) is 3. The van der Waals surface area contributed by atoms with Crippen molar-refractivity contribution >= 4 is 0 Å². The Labute approximate surface area is 285 Å². The molecule has 0 N–H and O–H groups in total. The minimum atomic E-state index is 0.750. The minimum absolute atomic E-state index is 0.750. The third kappa shape index (κ3) is 5.38.